The van der Waals surface area contributed by atoms with Crippen LogP contribution in [0.4, 0.5) is 0 Å². The number of thiophene rings is 1. The van der Waals surface area contributed by atoms with Crippen LogP contribution in [0.3, 0.4) is 0 Å². The quantitative estimate of drug-likeness (QED) is 0.844. The zero-order valence-electron chi connectivity index (χ0n) is 10.1. The molecule has 1 aliphatic carbocycles. The highest BCUT2D eigenvalue weighted by molar-refractivity contribution is 7.09. The van der Waals surface area contributed by atoms with Crippen LogP contribution in [0.5, 0.6) is 0 Å². The van der Waals surface area contributed by atoms with Gasteiger partial charge >= 0.3 is 0 Å². The molecule has 2 heteroatoms. The van der Waals surface area contributed by atoms with Crippen molar-refractivity contribution < 1.29 is 5.11 Å². The Balaban J connectivity index is 1.82. The molecule has 0 amide bonds. The first-order chi connectivity index (χ1) is 7.79. The molecule has 90 valence electrons. The highest BCUT2D eigenvalue weighted by Gasteiger charge is 2.27. The maximum atomic E-state index is 10.0. The zero-order chi connectivity index (χ0) is 11.4. The van der Waals surface area contributed by atoms with E-state index < -0.39 is 0 Å². The summed E-state index contributed by atoms with van der Waals surface area (Å²) < 4.78 is 0. The van der Waals surface area contributed by atoms with Crippen molar-refractivity contribution in [1.82, 2.24) is 0 Å². The van der Waals surface area contributed by atoms with Gasteiger partial charge in [0.25, 0.3) is 0 Å². The van der Waals surface area contributed by atoms with E-state index in [-0.39, 0.29) is 6.10 Å². The summed E-state index contributed by atoms with van der Waals surface area (Å²) in [6.07, 6.45) is 7.04. The SMILES string of the molecule is CCC1CCC(O)C(CCc2cccs2)C1. The Morgan fingerprint density at radius 3 is 3.00 bits per heavy atom. The molecule has 0 aliphatic heterocycles. The lowest BCUT2D eigenvalue weighted by Crippen LogP contribution is -2.29. The molecule has 3 unspecified atom stereocenters. The molecule has 0 saturated heterocycles. The van der Waals surface area contributed by atoms with Crippen molar-refractivity contribution in [3.05, 3.63) is 22.4 Å². The van der Waals surface area contributed by atoms with Crippen LogP contribution in [0.1, 0.15) is 43.9 Å². The van der Waals surface area contributed by atoms with E-state index >= 15 is 0 Å². The fourth-order valence-electron chi connectivity index (χ4n) is 2.81. The van der Waals surface area contributed by atoms with Gasteiger partial charge in [-0.2, -0.15) is 0 Å². The van der Waals surface area contributed by atoms with Crippen LogP contribution in [-0.2, 0) is 6.42 Å². The van der Waals surface area contributed by atoms with E-state index in [2.05, 4.69) is 24.4 Å². The van der Waals surface area contributed by atoms with Gasteiger partial charge in [0.05, 0.1) is 6.10 Å². The van der Waals surface area contributed by atoms with Gasteiger partial charge in [0.2, 0.25) is 0 Å². The molecule has 0 aromatic carbocycles. The van der Waals surface area contributed by atoms with Crippen molar-refractivity contribution in [2.45, 2.75) is 51.6 Å². The van der Waals surface area contributed by atoms with Crippen LogP contribution in [-0.4, -0.2) is 11.2 Å². The third-order valence-corrected chi connectivity index (χ3v) is 4.91. The van der Waals surface area contributed by atoms with Crippen molar-refractivity contribution in [3.8, 4) is 0 Å². The molecular weight excluding hydrogens is 216 g/mol. The molecule has 1 heterocycles. The van der Waals surface area contributed by atoms with Crippen molar-refractivity contribution >= 4 is 11.3 Å². The van der Waals surface area contributed by atoms with E-state index in [1.165, 1.54) is 24.1 Å². The predicted octanol–water partition coefficient (Wildman–Crippen LogP) is 3.87. The fraction of sp³-hybridized carbons (Fsp3) is 0.714. The standard InChI is InChI=1S/C14H22OS/c1-2-11-5-8-14(15)12(10-11)6-7-13-4-3-9-16-13/h3-4,9,11-12,14-15H,2,5-8,10H2,1H3. The Kier molecular flexibility index (Phi) is 4.42. The van der Waals surface area contributed by atoms with Crippen LogP contribution in [0.25, 0.3) is 0 Å². The summed E-state index contributed by atoms with van der Waals surface area (Å²) in [5, 5.41) is 12.2. The van der Waals surface area contributed by atoms with Crippen LogP contribution in [0, 0.1) is 11.8 Å². The van der Waals surface area contributed by atoms with Crippen molar-refractivity contribution in [1.29, 1.82) is 0 Å². The average molecular weight is 238 g/mol. The molecule has 1 aromatic heterocycles. The van der Waals surface area contributed by atoms with Gasteiger partial charge < -0.3 is 5.11 Å². The van der Waals surface area contributed by atoms with Crippen molar-refractivity contribution in [2.24, 2.45) is 11.8 Å². The molecule has 1 N–H and O–H groups in total. The van der Waals surface area contributed by atoms with Gasteiger partial charge in [0.1, 0.15) is 0 Å². The minimum atomic E-state index is -0.0391. The van der Waals surface area contributed by atoms with E-state index in [0.29, 0.717) is 5.92 Å². The lowest BCUT2D eigenvalue weighted by atomic mass is 9.76. The topological polar surface area (TPSA) is 20.2 Å². The summed E-state index contributed by atoms with van der Waals surface area (Å²) in [4.78, 5) is 1.46. The highest BCUT2D eigenvalue weighted by atomic mass is 32.1. The van der Waals surface area contributed by atoms with Crippen LogP contribution in [0.15, 0.2) is 17.5 Å². The Hall–Kier alpha value is -0.340. The van der Waals surface area contributed by atoms with E-state index in [4.69, 9.17) is 0 Å². The van der Waals surface area contributed by atoms with Gasteiger partial charge in [-0.25, -0.2) is 0 Å². The lowest BCUT2D eigenvalue weighted by Gasteiger charge is -2.32. The average Bonchev–Trinajstić information content (AvgIpc) is 2.81. The summed E-state index contributed by atoms with van der Waals surface area (Å²) in [6.45, 7) is 2.28. The summed E-state index contributed by atoms with van der Waals surface area (Å²) in [5.74, 6) is 1.40. The predicted molar refractivity (Wildman–Crippen MR) is 69.8 cm³/mol. The van der Waals surface area contributed by atoms with Crippen LogP contribution in [0.2, 0.25) is 0 Å². The van der Waals surface area contributed by atoms with Gasteiger partial charge in [-0.05, 0) is 55.4 Å². The van der Waals surface area contributed by atoms with E-state index in [1.54, 1.807) is 0 Å². The molecule has 0 bridgehead atoms. The first-order valence-electron chi connectivity index (χ1n) is 6.50. The number of aliphatic hydroxyl groups is 1. The van der Waals surface area contributed by atoms with Crippen LogP contribution < -0.4 is 0 Å². The molecule has 1 nitrogen and oxygen atoms in total. The molecule has 2 rings (SSSR count). The largest absolute Gasteiger partial charge is 0.393 e. The number of hydrogen-bond acceptors (Lipinski definition) is 2. The number of aryl methyl sites for hydroxylation is 1. The molecular formula is C14H22OS. The summed E-state index contributed by atoms with van der Waals surface area (Å²) in [7, 11) is 0. The molecule has 0 spiro atoms. The van der Waals surface area contributed by atoms with Crippen molar-refractivity contribution in [2.75, 3.05) is 0 Å². The highest BCUT2D eigenvalue weighted by Crippen LogP contribution is 2.34. The molecule has 3 atom stereocenters. The van der Waals surface area contributed by atoms with E-state index in [1.807, 2.05) is 11.3 Å². The fourth-order valence-corrected chi connectivity index (χ4v) is 3.53. The first kappa shape index (κ1) is 12.1. The number of aliphatic hydroxyl groups excluding tert-OH is 1. The second-order valence-electron chi connectivity index (χ2n) is 5.03. The Morgan fingerprint density at radius 1 is 1.44 bits per heavy atom. The van der Waals surface area contributed by atoms with Crippen LogP contribution >= 0.6 is 11.3 Å². The van der Waals surface area contributed by atoms with Gasteiger partial charge in [-0.3, -0.25) is 0 Å². The molecule has 1 fully saturated rings. The Labute approximate surface area is 103 Å². The summed E-state index contributed by atoms with van der Waals surface area (Å²) >= 11 is 1.84. The lowest BCUT2D eigenvalue weighted by molar-refractivity contribution is 0.0433. The summed E-state index contributed by atoms with van der Waals surface area (Å²) in [6, 6.07) is 4.32. The zero-order valence-corrected chi connectivity index (χ0v) is 10.9. The van der Waals surface area contributed by atoms with Gasteiger partial charge in [-0.15, -0.1) is 11.3 Å². The van der Waals surface area contributed by atoms with Gasteiger partial charge in [0.15, 0.2) is 0 Å². The second-order valence-corrected chi connectivity index (χ2v) is 6.07. The smallest absolute Gasteiger partial charge is 0.0568 e. The maximum absolute atomic E-state index is 10.0. The monoisotopic (exact) mass is 238 g/mol. The normalized spacial score (nSPS) is 30.5. The maximum Gasteiger partial charge on any atom is 0.0568 e. The minimum absolute atomic E-state index is 0.0391. The molecule has 1 saturated carbocycles. The number of hydrogen-bond donors (Lipinski definition) is 1. The molecule has 0 radical (unpaired) electrons. The molecule has 1 aromatic rings. The van der Waals surface area contributed by atoms with Crippen molar-refractivity contribution in [3.63, 3.8) is 0 Å². The van der Waals surface area contributed by atoms with Gasteiger partial charge in [0, 0.05) is 4.88 Å². The van der Waals surface area contributed by atoms with E-state index in [0.717, 1.165) is 25.2 Å². The molecule has 16 heavy (non-hydrogen) atoms. The second kappa shape index (κ2) is 5.83. The molecule has 1 aliphatic rings. The third kappa shape index (κ3) is 3.08. The Bertz CT molecular complexity index is 294. The first-order valence-corrected chi connectivity index (χ1v) is 7.38. The van der Waals surface area contributed by atoms with E-state index in [9.17, 15) is 5.11 Å². The minimum Gasteiger partial charge on any atom is -0.393 e. The third-order valence-electron chi connectivity index (χ3n) is 3.97. The Morgan fingerprint density at radius 2 is 2.31 bits per heavy atom. The van der Waals surface area contributed by atoms with Gasteiger partial charge in [-0.1, -0.05) is 19.4 Å². The number of rotatable bonds is 4. The summed E-state index contributed by atoms with van der Waals surface area (Å²) in [5.41, 5.74) is 0.